The lowest BCUT2D eigenvalue weighted by atomic mass is 9.67. The maximum absolute atomic E-state index is 12.3. The molecule has 1 heterocycles. The second-order valence-electron chi connectivity index (χ2n) is 6.36. The first kappa shape index (κ1) is 22.8. The first-order valence-corrected chi connectivity index (χ1v) is 8.45. The summed E-state index contributed by atoms with van der Waals surface area (Å²) < 4.78 is 41.8. The van der Waals surface area contributed by atoms with Crippen molar-refractivity contribution in [1.29, 1.82) is 0 Å². The van der Waals surface area contributed by atoms with E-state index in [-0.39, 0.29) is 36.4 Å². The van der Waals surface area contributed by atoms with Gasteiger partial charge in [-0.25, -0.2) is 4.98 Å². The molecule has 5 nitrogen and oxygen atoms in total. The maximum atomic E-state index is 12.3. The van der Waals surface area contributed by atoms with E-state index in [0.717, 1.165) is 13.0 Å². The number of nitrogens with zero attached hydrogens (tertiary/aromatic N) is 2. The quantitative estimate of drug-likeness (QED) is 0.349. The Kier molecular flexibility index (Phi) is 8.91. The molecule has 0 atom stereocenters. The highest BCUT2D eigenvalue weighted by Gasteiger charge is 2.35. The van der Waals surface area contributed by atoms with Crippen molar-refractivity contribution in [2.75, 3.05) is 20.2 Å². The van der Waals surface area contributed by atoms with Crippen LogP contribution in [0.15, 0.2) is 23.3 Å². The summed E-state index contributed by atoms with van der Waals surface area (Å²) in [6.07, 6.45) is 1.82. The number of ether oxygens (including phenoxy) is 1. The number of rotatable bonds is 7. The largest absolute Gasteiger partial charge is 0.468 e. The Balaban J connectivity index is 0.00000338. The van der Waals surface area contributed by atoms with Crippen LogP contribution in [0.2, 0.25) is 0 Å². The molecular weight excluding hydrogens is 460 g/mol. The van der Waals surface area contributed by atoms with Crippen LogP contribution in [0, 0.1) is 5.41 Å². The molecule has 1 aromatic rings. The van der Waals surface area contributed by atoms with E-state index in [0.29, 0.717) is 16.9 Å². The van der Waals surface area contributed by atoms with Crippen LogP contribution in [-0.2, 0) is 6.54 Å². The molecule has 0 radical (unpaired) electrons. The average molecular weight is 486 g/mol. The number of hydrogen-bond donors (Lipinski definition) is 2. The van der Waals surface area contributed by atoms with Crippen LogP contribution in [0.3, 0.4) is 0 Å². The molecule has 0 amide bonds. The van der Waals surface area contributed by atoms with Crippen molar-refractivity contribution < 1.29 is 17.9 Å². The molecule has 148 valence electrons. The summed E-state index contributed by atoms with van der Waals surface area (Å²) in [4.78, 5) is 8.05. The van der Waals surface area contributed by atoms with Gasteiger partial charge in [-0.1, -0.05) is 19.4 Å². The highest BCUT2D eigenvalue weighted by Crippen LogP contribution is 2.42. The first-order chi connectivity index (χ1) is 11.9. The number of halogens is 4. The molecule has 0 aromatic carbocycles. The molecular formula is C17H26F3IN4O. The van der Waals surface area contributed by atoms with Gasteiger partial charge in [0.2, 0.25) is 5.88 Å². The van der Waals surface area contributed by atoms with Crippen molar-refractivity contribution in [3.8, 4) is 5.88 Å². The zero-order valence-corrected chi connectivity index (χ0v) is 17.4. The molecule has 2 rings (SSSR count). The zero-order chi connectivity index (χ0) is 18.3. The summed E-state index contributed by atoms with van der Waals surface area (Å²) >= 11 is 0. The number of guanidine groups is 1. The minimum Gasteiger partial charge on any atom is -0.468 e. The molecule has 2 N–H and O–H groups in total. The standard InChI is InChI=1S/C17H25F3N4O.HI/c1-3-16(7-5-8-16)11-24-15(21-2)23-10-13-6-4-9-22-14(13)25-12-17(18,19)20;/h4,6,9H,3,5,7-8,10-12H2,1-2H3,(H2,21,23,24);1H. The molecule has 1 aromatic heterocycles. The summed E-state index contributed by atoms with van der Waals surface area (Å²) in [5.74, 6) is 0.595. The third-order valence-corrected chi connectivity index (χ3v) is 4.69. The fraction of sp³-hybridized carbons (Fsp3) is 0.647. The molecule has 0 saturated heterocycles. The van der Waals surface area contributed by atoms with Crippen molar-refractivity contribution >= 4 is 29.9 Å². The Morgan fingerprint density at radius 1 is 1.35 bits per heavy atom. The second kappa shape index (κ2) is 10.2. The van der Waals surface area contributed by atoms with Crippen molar-refractivity contribution in [3.05, 3.63) is 23.9 Å². The average Bonchev–Trinajstić information content (AvgIpc) is 2.55. The number of hydrogen-bond acceptors (Lipinski definition) is 3. The lowest BCUT2D eigenvalue weighted by Gasteiger charge is -2.41. The van der Waals surface area contributed by atoms with Crippen LogP contribution in [0.4, 0.5) is 13.2 Å². The van der Waals surface area contributed by atoms with Crippen LogP contribution in [0.25, 0.3) is 0 Å². The normalized spacial score (nSPS) is 16.3. The highest BCUT2D eigenvalue weighted by atomic mass is 127. The lowest BCUT2D eigenvalue weighted by Crippen LogP contribution is -2.46. The van der Waals surface area contributed by atoms with Crippen LogP contribution in [0.5, 0.6) is 5.88 Å². The maximum Gasteiger partial charge on any atom is 0.422 e. The third-order valence-electron chi connectivity index (χ3n) is 4.69. The van der Waals surface area contributed by atoms with Gasteiger partial charge >= 0.3 is 6.18 Å². The third kappa shape index (κ3) is 6.81. The van der Waals surface area contributed by atoms with Crippen molar-refractivity contribution in [2.24, 2.45) is 10.4 Å². The van der Waals surface area contributed by atoms with E-state index in [1.165, 1.54) is 25.5 Å². The number of nitrogens with one attached hydrogen (secondary N) is 2. The van der Waals surface area contributed by atoms with Gasteiger partial charge in [0.15, 0.2) is 12.6 Å². The van der Waals surface area contributed by atoms with Gasteiger partial charge in [-0.15, -0.1) is 24.0 Å². The number of alkyl halides is 3. The van der Waals surface area contributed by atoms with Crippen LogP contribution >= 0.6 is 24.0 Å². The number of aliphatic imine (C=N–C) groups is 1. The molecule has 1 saturated carbocycles. The molecule has 0 unspecified atom stereocenters. The van der Waals surface area contributed by atoms with Gasteiger partial charge in [-0.3, -0.25) is 4.99 Å². The van der Waals surface area contributed by atoms with Gasteiger partial charge in [0.05, 0.1) is 0 Å². The fourth-order valence-electron chi connectivity index (χ4n) is 2.84. The van der Waals surface area contributed by atoms with Crippen molar-refractivity contribution in [3.63, 3.8) is 0 Å². The molecule has 9 heteroatoms. The monoisotopic (exact) mass is 486 g/mol. The molecule has 1 fully saturated rings. The molecule has 1 aliphatic rings. The summed E-state index contributed by atoms with van der Waals surface area (Å²) in [6.45, 7) is 1.95. The minimum atomic E-state index is -4.39. The van der Waals surface area contributed by atoms with Gasteiger partial charge in [-0.05, 0) is 30.7 Å². The predicted octanol–water partition coefficient (Wildman–Crippen LogP) is 3.89. The SMILES string of the molecule is CCC1(CNC(=NC)NCc2cccnc2OCC(F)(F)F)CCC1.I. The summed E-state index contributed by atoms with van der Waals surface area (Å²) in [5.41, 5.74) is 0.885. The Labute approximate surface area is 169 Å². The molecule has 0 aliphatic heterocycles. The van der Waals surface area contributed by atoms with Gasteiger partial charge in [-0.2, -0.15) is 13.2 Å². The van der Waals surface area contributed by atoms with E-state index in [4.69, 9.17) is 4.74 Å². The Hall–Kier alpha value is -1.26. The number of aromatic nitrogens is 1. The minimum absolute atomic E-state index is 0. The van der Waals surface area contributed by atoms with Gasteiger partial charge < -0.3 is 15.4 Å². The Morgan fingerprint density at radius 3 is 2.62 bits per heavy atom. The Bertz CT molecular complexity index is 586. The van der Waals surface area contributed by atoms with Crippen LogP contribution in [-0.4, -0.2) is 37.3 Å². The van der Waals surface area contributed by atoms with E-state index >= 15 is 0 Å². The van der Waals surface area contributed by atoms with E-state index < -0.39 is 12.8 Å². The molecule has 26 heavy (non-hydrogen) atoms. The topological polar surface area (TPSA) is 58.5 Å². The highest BCUT2D eigenvalue weighted by molar-refractivity contribution is 14.0. The van der Waals surface area contributed by atoms with Crippen molar-refractivity contribution in [2.45, 2.75) is 45.3 Å². The van der Waals surface area contributed by atoms with E-state index in [2.05, 4.69) is 27.5 Å². The fourth-order valence-corrected chi connectivity index (χ4v) is 2.84. The van der Waals surface area contributed by atoms with Crippen molar-refractivity contribution in [1.82, 2.24) is 15.6 Å². The van der Waals surface area contributed by atoms with Crippen LogP contribution in [0.1, 0.15) is 38.2 Å². The number of pyridine rings is 1. The summed E-state index contributed by atoms with van der Waals surface area (Å²) in [6, 6.07) is 3.34. The smallest absolute Gasteiger partial charge is 0.422 e. The predicted molar refractivity (Wildman–Crippen MR) is 106 cm³/mol. The van der Waals surface area contributed by atoms with Crippen LogP contribution < -0.4 is 15.4 Å². The van der Waals surface area contributed by atoms with Gasteiger partial charge in [0.1, 0.15) is 0 Å². The Morgan fingerprint density at radius 2 is 2.08 bits per heavy atom. The lowest BCUT2D eigenvalue weighted by molar-refractivity contribution is -0.154. The molecule has 0 bridgehead atoms. The van der Waals surface area contributed by atoms with E-state index in [1.54, 1.807) is 19.2 Å². The van der Waals surface area contributed by atoms with Gasteiger partial charge in [0.25, 0.3) is 0 Å². The zero-order valence-electron chi connectivity index (χ0n) is 15.0. The second-order valence-corrected chi connectivity index (χ2v) is 6.36. The first-order valence-electron chi connectivity index (χ1n) is 8.45. The van der Waals surface area contributed by atoms with E-state index in [1.807, 2.05) is 0 Å². The van der Waals surface area contributed by atoms with Gasteiger partial charge in [0, 0.05) is 31.9 Å². The summed E-state index contributed by atoms with van der Waals surface area (Å²) in [7, 11) is 1.67. The van der Waals surface area contributed by atoms with E-state index in [9.17, 15) is 13.2 Å². The molecule has 1 aliphatic carbocycles. The molecule has 0 spiro atoms. The summed E-state index contributed by atoms with van der Waals surface area (Å²) in [5, 5.41) is 6.41.